The van der Waals surface area contributed by atoms with E-state index in [2.05, 4.69) is 30.5 Å². The number of methoxy groups -OCH3 is 1. The zero-order valence-corrected chi connectivity index (χ0v) is 32.7. The van der Waals surface area contributed by atoms with Crippen molar-refractivity contribution >= 4 is 52.6 Å². The summed E-state index contributed by atoms with van der Waals surface area (Å²) in [5.74, 6) is -0.395. The van der Waals surface area contributed by atoms with Gasteiger partial charge in [0.05, 0.1) is 49.2 Å². The number of thiazole rings is 1. The van der Waals surface area contributed by atoms with Crippen LogP contribution in [0.2, 0.25) is 0 Å². The van der Waals surface area contributed by atoms with Crippen LogP contribution in [0.4, 0.5) is 25.4 Å². The molecule has 1 fully saturated rings. The summed E-state index contributed by atoms with van der Waals surface area (Å²) in [6, 6.07) is 6.51. The number of likely N-dealkylation sites (tertiary alicyclic amines) is 1. The number of benzene rings is 2. The minimum atomic E-state index is -3.80. The Morgan fingerprint density at radius 2 is 1.79 bits per heavy atom. The average molecular weight is 777 g/mol. The first-order chi connectivity index (χ1) is 25.0. The van der Waals surface area contributed by atoms with Crippen molar-refractivity contribution in [2.45, 2.75) is 84.5 Å². The highest BCUT2D eigenvalue weighted by atomic mass is 32.1. The number of fused-ring (bicyclic) bond motifs is 1. The molecular formula is C36H47F2N6O7PS. The van der Waals surface area contributed by atoms with Crippen LogP contribution in [-0.4, -0.2) is 76.4 Å². The molecule has 1 amide bonds. The Kier molecular flexibility index (Phi) is 13.1. The van der Waals surface area contributed by atoms with E-state index >= 15 is 0 Å². The monoisotopic (exact) mass is 776 g/mol. The van der Waals surface area contributed by atoms with Crippen molar-refractivity contribution < 1.29 is 41.2 Å². The van der Waals surface area contributed by atoms with E-state index in [1.807, 2.05) is 41.5 Å². The number of nitrogens with zero attached hydrogens (tertiary/aromatic N) is 4. The first-order valence-electron chi connectivity index (χ1n) is 17.3. The summed E-state index contributed by atoms with van der Waals surface area (Å²) in [5.41, 5.74) is -1.02. The SMILES string of the molecule is COc1cc2c(Nc3ncc(CC(=O)Nc4cc(F)ccc4F)s3)ncnc2cc1OCCCN1CCC[C@H]1COP(=O)(OC(C)(C)C)OC(C)(C)C. The molecule has 2 N–H and O–H groups in total. The predicted molar refractivity (Wildman–Crippen MR) is 200 cm³/mol. The van der Waals surface area contributed by atoms with Crippen LogP contribution in [0.3, 0.4) is 0 Å². The standard InChI is InChI=1S/C36H47F2N6O7PS/c1-35(2,3)50-52(46,51-36(4,5)6)49-21-24-10-8-13-44(24)14-9-15-48-31-19-28-26(18-30(31)47-7)33(41-22-40-28)43-34-39-20-25(53-34)17-32(45)42-29-16-23(37)11-12-27(29)38/h11-12,16,18-20,22,24H,8-10,13-15,17,21H2,1-7H3,(H,42,45)(H,39,40,41,43)/t24-/m0/s1. The highest BCUT2D eigenvalue weighted by Gasteiger charge is 2.38. The molecule has 53 heavy (non-hydrogen) atoms. The van der Waals surface area contributed by atoms with Gasteiger partial charge in [0, 0.05) is 41.2 Å². The van der Waals surface area contributed by atoms with E-state index < -0.39 is 36.6 Å². The van der Waals surface area contributed by atoms with E-state index in [0.717, 1.165) is 50.6 Å². The third-order valence-electron chi connectivity index (χ3n) is 7.78. The topological polar surface area (TPSA) is 146 Å². The number of phosphoric acid groups is 1. The molecular weight excluding hydrogens is 729 g/mol. The van der Waals surface area contributed by atoms with Gasteiger partial charge in [-0.15, -0.1) is 11.3 Å². The lowest BCUT2D eigenvalue weighted by Gasteiger charge is -2.32. The number of ether oxygens (including phenoxy) is 2. The second kappa shape index (κ2) is 17.1. The maximum Gasteiger partial charge on any atom is 0.475 e. The molecule has 0 radical (unpaired) electrons. The summed E-state index contributed by atoms with van der Waals surface area (Å²) in [6.45, 7) is 13.2. The summed E-state index contributed by atoms with van der Waals surface area (Å²) in [6.07, 6.45) is 5.51. The van der Waals surface area contributed by atoms with Gasteiger partial charge in [-0.3, -0.25) is 23.3 Å². The second-order valence-corrected chi connectivity index (χ2v) is 17.2. The van der Waals surface area contributed by atoms with Crippen molar-refractivity contribution in [1.29, 1.82) is 0 Å². The quantitative estimate of drug-likeness (QED) is 0.0834. The smallest absolute Gasteiger partial charge is 0.475 e. The number of carbonyl (C=O) groups is 1. The second-order valence-electron chi connectivity index (χ2n) is 14.5. The lowest BCUT2D eigenvalue weighted by Crippen LogP contribution is -2.35. The Labute approximate surface area is 312 Å². The van der Waals surface area contributed by atoms with Crippen LogP contribution < -0.4 is 20.1 Å². The Morgan fingerprint density at radius 3 is 2.51 bits per heavy atom. The molecule has 4 aromatic rings. The fourth-order valence-electron chi connectivity index (χ4n) is 5.68. The number of anilines is 3. The lowest BCUT2D eigenvalue weighted by molar-refractivity contribution is -0.115. The third kappa shape index (κ3) is 11.8. The number of hydrogen-bond acceptors (Lipinski definition) is 13. The van der Waals surface area contributed by atoms with Crippen molar-refractivity contribution in [1.82, 2.24) is 19.9 Å². The van der Waals surface area contributed by atoms with Gasteiger partial charge in [-0.2, -0.15) is 0 Å². The Bertz CT molecular complexity index is 1920. The third-order valence-corrected chi connectivity index (χ3v) is 10.7. The van der Waals surface area contributed by atoms with Gasteiger partial charge < -0.3 is 20.1 Å². The van der Waals surface area contributed by atoms with Crippen LogP contribution in [0.5, 0.6) is 11.5 Å². The van der Waals surface area contributed by atoms with Gasteiger partial charge in [0.15, 0.2) is 16.6 Å². The summed E-state index contributed by atoms with van der Waals surface area (Å²) < 4.78 is 70.3. The van der Waals surface area contributed by atoms with Crippen molar-refractivity contribution in [2.24, 2.45) is 0 Å². The molecule has 5 rings (SSSR count). The van der Waals surface area contributed by atoms with Gasteiger partial charge in [-0.1, -0.05) is 0 Å². The molecule has 0 spiro atoms. The largest absolute Gasteiger partial charge is 0.493 e. The van der Waals surface area contributed by atoms with E-state index in [1.54, 1.807) is 19.2 Å². The first-order valence-corrected chi connectivity index (χ1v) is 19.6. The summed E-state index contributed by atoms with van der Waals surface area (Å²) >= 11 is 1.22. The lowest BCUT2D eigenvalue weighted by atomic mass is 10.2. The number of carbonyl (C=O) groups excluding carboxylic acids is 1. The van der Waals surface area contributed by atoms with E-state index in [-0.39, 0.29) is 24.8 Å². The molecule has 288 valence electrons. The van der Waals surface area contributed by atoms with Crippen LogP contribution in [0.25, 0.3) is 10.9 Å². The number of nitrogens with one attached hydrogen (secondary N) is 2. The molecule has 3 heterocycles. The van der Waals surface area contributed by atoms with E-state index in [1.165, 1.54) is 23.9 Å². The Morgan fingerprint density at radius 1 is 1.04 bits per heavy atom. The van der Waals surface area contributed by atoms with Gasteiger partial charge in [-0.05, 0) is 85.5 Å². The van der Waals surface area contributed by atoms with Crippen molar-refractivity contribution in [3.8, 4) is 11.5 Å². The highest BCUT2D eigenvalue weighted by molar-refractivity contribution is 7.48. The normalized spacial score (nSPS) is 15.5. The molecule has 0 unspecified atom stereocenters. The Balaban J connectivity index is 1.16. The fraction of sp³-hybridized carbons (Fsp3) is 0.500. The zero-order chi connectivity index (χ0) is 38.4. The van der Waals surface area contributed by atoms with E-state index in [0.29, 0.717) is 44.8 Å². The van der Waals surface area contributed by atoms with Crippen molar-refractivity contribution in [3.63, 3.8) is 0 Å². The van der Waals surface area contributed by atoms with Crippen molar-refractivity contribution in [3.05, 3.63) is 59.4 Å². The molecule has 0 saturated carbocycles. The molecule has 2 aromatic heterocycles. The first kappa shape index (κ1) is 40.4. The number of phosphoric ester groups is 1. The van der Waals surface area contributed by atoms with E-state index in [4.69, 9.17) is 23.0 Å². The molecule has 2 aromatic carbocycles. The molecule has 1 aliphatic rings. The molecule has 0 bridgehead atoms. The molecule has 17 heteroatoms. The minimum Gasteiger partial charge on any atom is -0.493 e. The maximum absolute atomic E-state index is 13.9. The Hall–Kier alpha value is -3.79. The van der Waals surface area contributed by atoms with E-state index in [9.17, 15) is 18.1 Å². The number of rotatable bonds is 16. The molecule has 1 saturated heterocycles. The minimum absolute atomic E-state index is 0.0733. The van der Waals surface area contributed by atoms with Gasteiger partial charge in [0.1, 0.15) is 23.8 Å². The molecule has 13 nitrogen and oxygen atoms in total. The number of amides is 1. The van der Waals surface area contributed by atoms with Gasteiger partial charge in [-0.25, -0.2) is 28.3 Å². The molecule has 1 atom stereocenters. The average Bonchev–Trinajstić information content (AvgIpc) is 3.70. The van der Waals surface area contributed by atoms with Crippen LogP contribution in [0.1, 0.15) is 65.7 Å². The van der Waals surface area contributed by atoms with Gasteiger partial charge >= 0.3 is 7.82 Å². The number of aromatic nitrogens is 3. The zero-order valence-electron chi connectivity index (χ0n) is 31.0. The van der Waals surface area contributed by atoms with Gasteiger partial charge in [0.25, 0.3) is 0 Å². The molecule has 0 aliphatic carbocycles. The van der Waals surface area contributed by atoms with Gasteiger partial charge in [0.2, 0.25) is 5.91 Å². The maximum atomic E-state index is 13.9. The number of hydrogen-bond donors (Lipinski definition) is 2. The van der Waals surface area contributed by atoms with Crippen molar-refractivity contribution in [2.75, 3.05) is 44.0 Å². The predicted octanol–water partition coefficient (Wildman–Crippen LogP) is 8.29. The summed E-state index contributed by atoms with van der Waals surface area (Å²) in [4.78, 5) is 28.6. The summed E-state index contributed by atoms with van der Waals surface area (Å²) in [5, 5.41) is 6.70. The number of halogens is 2. The molecule has 1 aliphatic heterocycles. The highest BCUT2D eigenvalue weighted by Crippen LogP contribution is 2.55. The van der Waals surface area contributed by atoms with Crippen LogP contribution in [-0.2, 0) is 29.4 Å². The van der Waals surface area contributed by atoms with Crippen LogP contribution in [0, 0.1) is 11.6 Å². The van der Waals surface area contributed by atoms with Crippen LogP contribution >= 0.6 is 19.2 Å². The van der Waals surface area contributed by atoms with Crippen LogP contribution in [0.15, 0.2) is 42.9 Å². The summed E-state index contributed by atoms with van der Waals surface area (Å²) in [7, 11) is -2.25. The fourth-order valence-corrected chi connectivity index (χ4v) is 8.33.